The van der Waals surface area contributed by atoms with Crippen LogP contribution in [0.2, 0.25) is 0 Å². The minimum atomic E-state index is 0.870. The molecular weight excluding hydrogens is 306 g/mol. The Hall–Kier alpha value is -3.26. The summed E-state index contributed by atoms with van der Waals surface area (Å²) in [7, 11) is 1.70. The van der Waals surface area contributed by atoms with Crippen LogP contribution < -0.4 is 4.74 Å². The SMILES string of the molecule is COc1ccc(-n2c3ccccc3c3c4ccccc4ccc32)cc1. The monoisotopic (exact) mass is 323 g/mol. The van der Waals surface area contributed by atoms with Gasteiger partial charge in [-0.05, 0) is 47.2 Å². The van der Waals surface area contributed by atoms with Crippen LogP contribution in [0.5, 0.6) is 5.75 Å². The molecular formula is C23H17NO. The Morgan fingerprint density at radius 1 is 0.640 bits per heavy atom. The van der Waals surface area contributed by atoms with E-state index in [4.69, 9.17) is 4.74 Å². The molecule has 1 aromatic heterocycles. The van der Waals surface area contributed by atoms with Crippen LogP contribution in [0.1, 0.15) is 0 Å². The number of para-hydroxylation sites is 1. The normalized spacial score (nSPS) is 11.4. The molecule has 2 nitrogen and oxygen atoms in total. The fourth-order valence-corrected chi connectivity index (χ4v) is 3.75. The van der Waals surface area contributed by atoms with Crippen LogP contribution in [0.3, 0.4) is 0 Å². The lowest BCUT2D eigenvalue weighted by Crippen LogP contribution is -1.93. The summed E-state index contributed by atoms with van der Waals surface area (Å²) in [6, 6.07) is 29.9. The average Bonchev–Trinajstić information content (AvgIpc) is 3.03. The second-order valence-electron chi connectivity index (χ2n) is 6.23. The van der Waals surface area contributed by atoms with Gasteiger partial charge in [-0.1, -0.05) is 48.5 Å². The van der Waals surface area contributed by atoms with Crippen LogP contribution >= 0.6 is 0 Å². The molecule has 0 amide bonds. The highest BCUT2D eigenvalue weighted by atomic mass is 16.5. The summed E-state index contributed by atoms with van der Waals surface area (Å²) in [6.45, 7) is 0. The first kappa shape index (κ1) is 14.1. The molecule has 0 saturated heterocycles. The third kappa shape index (κ3) is 2.04. The second kappa shape index (κ2) is 5.38. The van der Waals surface area contributed by atoms with E-state index in [0.29, 0.717) is 0 Å². The van der Waals surface area contributed by atoms with Gasteiger partial charge in [0, 0.05) is 16.5 Å². The topological polar surface area (TPSA) is 14.2 Å². The first-order chi connectivity index (χ1) is 12.4. The second-order valence-corrected chi connectivity index (χ2v) is 6.23. The number of benzene rings is 4. The minimum Gasteiger partial charge on any atom is -0.497 e. The molecule has 0 unspecified atom stereocenters. The van der Waals surface area contributed by atoms with Gasteiger partial charge in [0.05, 0.1) is 18.1 Å². The predicted octanol–water partition coefficient (Wildman–Crippen LogP) is 5.95. The number of fused-ring (bicyclic) bond motifs is 5. The van der Waals surface area contributed by atoms with E-state index in [0.717, 1.165) is 11.4 Å². The van der Waals surface area contributed by atoms with E-state index in [2.05, 4.69) is 77.4 Å². The Labute approximate surface area is 145 Å². The van der Waals surface area contributed by atoms with Crippen molar-refractivity contribution < 1.29 is 4.74 Å². The van der Waals surface area contributed by atoms with Crippen LogP contribution in [-0.2, 0) is 0 Å². The van der Waals surface area contributed by atoms with Gasteiger partial charge >= 0.3 is 0 Å². The number of ether oxygens (including phenoxy) is 1. The number of hydrogen-bond donors (Lipinski definition) is 0. The van der Waals surface area contributed by atoms with Crippen LogP contribution in [0.4, 0.5) is 0 Å². The van der Waals surface area contributed by atoms with Crippen LogP contribution in [0.25, 0.3) is 38.3 Å². The highest BCUT2D eigenvalue weighted by molar-refractivity contribution is 6.21. The van der Waals surface area contributed by atoms with E-state index in [1.807, 2.05) is 12.1 Å². The molecule has 0 aliphatic heterocycles. The zero-order valence-corrected chi connectivity index (χ0v) is 13.9. The average molecular weight is 323 g/mol. The van der Waals surface area contributed by atoms with Gasteiger partial charge in [-0.25, -0.2) is 0 Å². The van der Waals surface area contributed by atoms with Gasteiger partial charge in [0.2, 0.25) is 0 Å². The van der Waals surface area contributed by atoms with Crippen molar-refractivity contribution in [2.45, 2.75) is 0 Å². The predicted molar refractivity (Wildman–Crippen MR) is 105 cm³/mol. The van der Waals surface area contributed by atoms with Crippen molar-refractivity contribution >= 4 is 32.6 Å². The molecule has 5 rings (SSSR count). The largest absolute Gasteiger partial charge is 0.497 e. The molecule has 0 aliphatic rings. The van der Waals surface area contributed by atoms with Crippen LogP contribution in [0, 0.1) is 0 Å². The maximum atomic E-state index is 5.31. The van der Waals surface area contributed by atoms with Crippen molar-refractivity contribution in [3.8, 4) is 11.4 Å². The van der Waals surface area contributed by atoms with Gasteiger partial charge in [0.15, 0.2) is 0 Å². The number of hydrogen-bond acceptors (Lipinski definition) is 1. The molecule has 0 bridgehead atoms. The Morgan fingerprint density at radius 2 is 1.36 bits per heavy atom. The van der Waals surface area contributed by atoms with E-state index in [-0.39, 0.29) is 0 Å². The molecule has 0 aliphatic carbocycles. The lowest BCUT2D eigenvalue weighted by atomic mass is 10.0. The van der Waals surface area contributed by atoms with Gasteiger partial charge in [-0.2, -0.15) is 0 Å². The molecule has 5 aromatic rings. The van der Waals surface area contributed by atoms with Crippen molar-refractivity contribution in [1.29, 1.82) is 0 Å². The molecule has 120 valence electrons. The van der Waals surface area contributed by atoms with Gasteiger partial charge in [0.1, 0.15) is 5.75 Å². The third-order valence-electron chi connectivity index (χ3n) is 4.89. The van der Waals surface area contributed by atoms with Crippen LogP contribution in [-0.4, -0.2) is 11.7 Å². The summed E-state index contributed by atoms with van der Waals surface area (Å²) in [4.78, 5) is 0. The van der Waals surface area contributed by atoms with Gasteiger partial charge in [0.25, 0.3) is 0 Å². The van der Waals surface area contributed by atoms with E-state index >= 15 is 0 Å². The number of rotatable bonds is 2. The molecule has 0 fully saturated rings. The lowest BCUT2D eigenvalue weighted by molar-refractivity contribution is 0.415. The first-order valence-electron chi connectivity index (χ1n) is 8.42. The van der Waals surface area contributed by atoms with Gasteiger partial charge in [-0.3, -0.25) is 0 Å². The Balaban J connectivity index is 1.95. The zero-order chi connectivity index (χ0) is 16.8. The van der Waals surface area contributed by atoms with Crippen molar-refractivity contribution in [2.75, 3.05) is 7.11 Å². The quantitative estimate of drug-likeness (QED) is 0.392. The zero-order valence-electron chi connectivity index (χ0n) is 13.9. The maximum absolute atomic E-state index is 5.31. The van der Waals surface area contributed by atoms with E-state index in [9.17, 15) is 0 Å². The molecule has 0 spiro atoms. The van der Waals surface area contributed by atoms with Crippen molar-refractivity contribution in [3.63, 3.8) is 0 Å². The maximum Gasteiger partial charge on any atom is 0.119 e. The highest BCUT2D eigenvalue weighted by Gasteiger charge is 2.14. The van der Waals surface area contributed by atoms with Crippen molar-refractivity contribution in [3.05, 3.63) is 84.9 Å². The summed E-state index contributed by atoms with van der Waals surface area (Å²) >= 11 is 0. The summed E-state index contributed by atoms with van der Waals surface area (Å²) in [6.07, 6.45) is 0. The molecule has 25 heavy (non-hydrogen) atoms. The fourth-order valence-electron chi connectivity index (χ4n) is 3.75. The standard InChI is InChI=1S/C23H17NO/c1-25-18-13-11-17(12-14-18)24-21-9-5-4-8-20(21)23-19-7-3-2-6-16(19)10-15-22(23)24/h2-15H,1H3. The molecule has 0 saturated carbocycles. The summed E-state index contributed by atoms with van der Waals surface area (Å²) in [5.74, 6) is 0.870. The highest BCUT2D eigenvalue weighted by Crippen LogP contribution is 2.36. The van der Waals surface area contributed by atoms with E-state index < -0.39 is 0 Å². The molecule has 2 heteroatoms. The van der Waals surface area contributed by atoms with E-state index in [1.165, 1.54) is 32.6 Å². The molecule has 4 aromatic carbocycles. The van der Waals surface area contributed by atoms with Crippen molar-refractivity contribution in [1.82, 2.24) is 4.57 Å². The summed E-state index contributed by atoms with van der Waals surface area (Å²) < 4.78 is 7.64. The molecule has 0 atom stereocenters. The Morgan fingerprint density at radius 3 is 2.16 bits per heavy atom. The molecule has 1 heterocycles. The fraction of sp³-hybridized carbons (Fsp3) is 0.0435. The Kier molecular flexibility index (Phi) is 3.04. The molecule has 0 N–H and O–H groups in total. The number of aromatic nitrogens is 1. The Bertz CT molecular complexity index is 1220. The summed E-state index contributed by atoms with van der Waals surface area (Å²) in [5.41, 5.74) is 3.59. The third-order valence-corrected chi connectivity index (χ3v) is 4.89. The summed E-state index contributed by atoms with van der Waals surface area (Å²) in [5, 5.41) is 5.16. The van der Waals surface area contributed by atoms with Gasteiger partial charge < -0.3 is 9.30 Å². The van der Waals surface area contributed by atoms with Crippen molar-refractivity contribution in [2.24, 2.45) is 0 Å². The smallest absolute Gasteiger partial charge is 0.119 e. The van der Waals surface area contributed by atoms with Crippen LogP contribution in [0.15, 0.2) is 84.9 Å². The lowest BCUT2D eigenvalue weighted by Gasteiger charge is -2.09. The molecule has 0 radical (unpaired) electrons. The first-order valence-corrected chi connectivity index (χ1v) is 8.42. The minimum absolute atomic E-state index is 0.870. The number of nitrogens with zero attached hydrogens (tertiary/aromatic N) is 1. The number of methoxy groups -OCH3 is 1. The van der Waals surface area contributed by atoms with Gasteiger partial charge in [-0.15, -0.1) is 0 Å². The van der Waals surface area contributed by atoms with E-state index in [1.54, 1.807) is 7.11 Å².